The van der Waals surface area contributed by atoms with Crippen molar-refractivity contribution < 1.29 is 19.4 Å². The zero-order valence-corrected chi connectivity index (χ0v) is 16.1. The van der Waals surface area contributed by atoms with Gasteiger partial charge in [-0.15, -0.1) is 0 Å². The number of methoxy groups -OCH3 is 1. The predicted octanol–water partition coefficient (Wildman–Crippen LogP) is 2.60. The van der Waals surface area contributed by atoms with Crippen LogP contribution >= 0.6 is 0 Å². The number of carbonyl (C=O) groups is 2. The molecule has 0 radical (unpaired) electrons. The number of ether oxygens (including phenoxy) is 1. The number of amides is 1. The maximum atomic E-state index is 12.6. The Morgan fingerprint density at radius 2 is 1.93 bits per heavy atom. The molecule has 0 aliphatic carbocycles. The first kappa shape index (κ1) is 19.2. The summed E-state index contributed by atoms with van der Waals surface area (Å²) in [5, 5.41) is 11.5. The Morgan fingerprint density at radius 3 is 2.59 bits per heavy atom. The van der Waals surface area contributed by atoms with Crippen LogP contribution in [0.25, 0.3) is 10.8 Å². The quantitative estimate of drug-likeness (QED) is 0.846. The van der Waals surface area contributed by atoms with Gasteiger partial charge in [-0.3, -0.25) is 14.5 Å². The van der Waals surface area contributed by atoms with Crippen molar-refractivity contribution >= 4 is 22.6 Å². The minimum absolute atomic E-state index is 0.000494. The monoisotopic (exact) mass is 370 g/mol. The fourth-order valence-electron chi connectivity index (χ4n) is 3.54. The first-order valence-electron chi connectivity index (χ1n) is 9.07. The van der Waals surface area contributed by atoms with Crippen LogP contribution in [-0.2, 0) is 16.1 Å². The van der Waals surface area contributed by atoms with Crippen molar-refractivity contribution in [2.24, 2.45) is 5.41 Å². The predicted molar refractivity (Wildman–Crippen MR) is 104 cm³/mol. The number of hydrogen-bond acceptors (Lipinski definition) is 4. The highest BCUT2D eigenvalue weighted by Crippen LogP contribution is 2.30. The van der Waals surface area contributed by atoms with Crippen molar-refractivity contribution in [3.63, 3.8) is 0 Å². The Morgan fingerprint density at radius 1 is 1.22 bits per heavy atom. The number of carboxylic acid groups (broad SMARTS) is 1. The number of benzene rings is 2. The first-order valence-corrected chi connectivity index (χ1v) is 9.07. The van der Waals surface area contributed by atoms with Crippen LogP contribution in [0.1, 0.15) is 18.9 Å². The van der Waals surface area contributed by atoms with E-state index in [1.807, 2.05) is 35.2 Å². The molecule has 1 saturated heterocycles. The van der Waals surface area contributed by atoms with Crippen molar-refractivity contribution in [1.82, 2.24) is 9.80 Å². The highest BCUT2D eigenvalue weighted by Gasteiger charge is 2.40. The molecule has 6 heteroatoms. The molecule has 2 aromatic rings. The summed E-state index contributed by atoms with van der Waals surface area (Å²) in [6.45, 7) is 3.57. The van der Waals surface area contributed by atoms with E-state index in [4.69, 9.17) is 4.74 Å². The smallest absolute Gasteiger partial charge is 0.310 e. The summed E-state index contributed by atoms with van der Waals surface area (Å²) in [7, 11) is 3.43. The van der Waals surface area contributed by atoms with Gasteiger partial charge >= 0.3 is 5.97 Å². The molecule has 1 amide bonds. The molecule has 1 heterocycles. The van der Waals surface area contributed by atoms with Gasteiger partial charge in [0, 0.05) is 20.1 Å². The average Bonchev–Trinajstić information content (AvgIpc) is 3.03. The van der Waals surface area contributed by atoms with Crippen molar-refractivity contribution in [3.05, 3.63) is 42.0 Å². The summed E-state index contributed by atoms with van der Waals surface area (Å²) >= 11 is 0. The summed E-state index contributed by atoms with van der Waals surface area (Å²) in [4.78, 5) is 27.5. The molecule has 0 spiro atoms. The van der Waals surface area contributed by atoms with Crippen LogP contribution in [0.2, 0.25) is 0 Å². The number of fused-ring (bicyclic) bond motifs is 1. The van der Waals surface area contributed by atoms with E-state index in [2.05, 4.69) is 6.07 Å². The Balaban J connectivity index is 1.61. The van der Waals surface area contributed by atoms with Gasteiger partial charge in [-0.25, -0.2) is 0 Å². The lowest BCUT2D eigenvalue weighted by Gasteiger charge is -2.23. The van der Waals surface area contributed by atoms with E-state index in [0.717, 1.165) is 22.1 Å². The minimum Gasteiger partial charge on any atom is -0.497 e. The largest absolute Gasteiger partial charge is 0.497 e. The van der Waals surface area contributed by atoms with Crippen molar-refractivity contribution in [3.8, 4) is 5.75 Å². The normalized spacial score (nSPS) is 20.0. The summed E-state index contributed by atoms with van der Waals surface area (Å²) < 4.78 is 5.25. The number of carbonyl (C=O) groups excluding carboxylic acids is 1. The Bertz CT molecular complexity index is 866. The second-order valence-corrected chi connectivity index (χ2v) is 7.62. The second kappa shape index (κ2) is 7.56. The van der Waals surface area contributed by atoms with E-state index in [9.17, 15) is 14.7 Å². The lowest BCUT2D eigenvalue weighted by molar-refractivity contribution is -0.147. The average molecular weight is 370 g/mol. The van der Waals surface area contributed by atoms with Gasteiger partial charge in [0.05, 0.1) is 19.1 Å². The number of rotatable bonds is 6. The van der Waals surface area contributed by atoms with Crippen LogP contribution < -0.4 is 4.74 Å². The topological polar surface area (TPSA) is 70.1 Å². The van der Waals surface area contributed by atoms with Gasteiger partial charge in [-0.2, -0.15) is 0 Å². The van der Waals surface area contributed by atoms with Crippen molar-refractivity contribution in [2.45, 2.75) is 19.9 Å². The summed E-state index contributed by atoms with van der Waals surface area (Å²) in [5.41, 5.74) is 0.304. The zero-order valence-electron chi connectivity index (χ0n) is 16.1. The molecule has 1 unspecified atom stereocenters. The third kappa shape index (κ3) is 4.22. The van der Waals surface area contributed by atoms with Gasteiger partial charge in [-0.05, 0) is 54.4 Å². The van der Waals surface area contributed by atoms with Gasteiger partial charge in [0.1, 0.15) is 5.75 Å². The number of likely N-dealkylation sites (tertiary alicyclic amines) is 1. The highest BCUT2D eigenvalue weighted by atomic mass is 16.5. The van der Waals surface area contributed by atoms with Gasteiger partial charge in [0.25, 0.3) is 0 Å². The molecule has 1 fully saturated rings. The van der Waals surface area contributed by atoms with Gasteiger partial charge < -0.3 is 14.7 Å². The maximum absolute atomic E-state index is 12.6. The molecule has 0 bridgehead atoms. The molecule has 1 N–H and O–H groups in total. The maximum Gasteiger partial charge on any atom is 0.310 e. The lowest BCUT2D eigenvalue weighted by Crippen LogP contribution is -2.39. The SMILES string of the molecule is COc1ccc2cc(CN(C)C(=O)CN3CCC(C)(C(=O)O)C3)ccc2c1. The van der Waals surface area contributed by atoms with Gasteiger partial charge in [0.2, 0.25) is 5.91 Å². The van der Waals surface area contributed by atoms with Gasteiger partial charge in [-0.1, -0.05) is 18.2 Å². The van der Waals surface area contributed by atoms with E-state index in [0.29, 0.717) is 26.1 Å². The molecule has 6 nitrogen and oxygen atoms in total. The lowest BCUT2D eigenvalue weighted by atomic mass is 9.90. The van der Waals surface area contributed by atoms with Crippen LogP contribution in [0.5, 0.6) is 5.75 Å². The number of likely N-dealkylation sites (N-methyl/N-ethyl adjacent to an activating group) is 1. The molecule has 144 valence electrons. The molecular formula is C21H26N2O4. The van der Waals surface area contributed by atoms with E-state index >= 15 is 0 Å². The van der Waals surface area contributed by atoms with E-state index < -0.39 is 11.4 Å². The summed E-state index contributed by atoms with van der Waals surface area (Å²) in [6.07, 6.45) is 0.577. The Kier molecular flexibility index (Phi) is 5.37. The third-order valence-electron chi connectivity index (χ3n) is 5.38. The number of hydrogen-bond donors (Lipinski definition) is 1. The zero-order chi connectivity index (χ0) is 19.6. The molecule has 3 rings (SSSR count). The molecule has 2 aromatic carbocycles. The summed E-state index contributed by atoms with van der Waals surface area (Å²) in [6, 6.07) is 12.0. The van der Waals surface area contributed by atoms with Crippen LogP contribution in [0.15, 0.2) is 36.4 Å². The fourth-order valence-corrected chi connectivity index (χ4v) is 3.54. The summed E-state index contributed by atoms with van der Waals surface area (Å²) in [5.74, 6) is 0.0274. The molecule has 27 heavy (non-hydrogen) atoms. The second-order valence-electron chi connectivity index (χ2n) is 7.62. The number of nitrogens with zero attached hydrogens (tertiary/aromatic N) is 2. The molecule has 0 aromatic heterocycles. The van der Waals surface area contributed by atoms with Crippen LogP contribution in [0.4, 0.5) is 0 Å². The first-order chi connectivity index (χ1) is 12.8. The molecule has 0 saturated carbocycles. The van der Waals surface area contributed by atoms with Crippen LogP contribution in [0.3, 0.4) is 0 Å². The van der Waals surface area contributed by atoms with Crippen LogP contribution in [0, 0.1) is 5.41 Å². The fraction of sp³-hybridized carbons (Fsp3) is 0.429. The number of carboxylic acids is 1. The third-order valence-corrected chi connectivity index (χ3v) is 5.38. The Labute approximate surface area is 159 Å². The number of aliphatic carboxylic acids is 1. The van der Waals surface area contributed by atoms with E-state index in [-0.39, 0.29) is 12.5 Å². The molecule has 1 atom stereocenters. The molecule has 1 aliphatic rings. The Hall–Kier alpha value is -2.60. The highest BCUT2D eigenvalue weighted by molar-refractivity contribution is 5.85. The van der Waals surface area contributed by atoms with Gasteiger partial charge in [0.15, 0.2) is 0 Å². The van der Waals surface area contributed by atoms with E-state index in [1.165, 1.54) is 0 Å². The molecule has 1 aliphatic heterocycles. The standard InChI is InChI=1S/C21H26N2O4/c1-21(20(25)26)8-9-23(14-21)13-19(24)22(2)12-15-4-5-17-11-18(27-3)7-6-16(17)10-15/h4-7,10-11H,8-9,12-14H2,1-3H3,(H,25,26). The molecular weight excluding hydrogens is 344 g/mol. The van der Waals surface area contributed by atoms with Crippen molar-refractivity contribution in [2.75, 3.05) is 33.8 Å². The van der Waals surface area contributed by atoms with Crippen LogP contribution in [-0.4, -0.2) is 60.6 Å². The van der Waals surface area contributed by atoms with Crippen molar-refractivity contribution in [1.29, 1.82) is 0 Å². The van der Waals surface area contributed by atoms with E-state index in [1.54, 1.807) is 26.0 Å². The minimum atomic E-state index is -0.793.